The molecule has 1 aliphatic rings. The zero-order valence-electron chi connectivity index (χ0n) is 18.1. The lowest BCUT2D eigenvalue weighted by molar-refractivity contribution is 0.0720. The van der Waals surface area contributed by atoms with Crippen molar-refractivity contribution in [3.05, 3.63) is 55.9 Å². The van der Waals surface area contributed by atoms with Gasteiger partial charge in [-0.25, -0.2) is 9.97 Å². The number of thiazole rings is 1. The number of nitrogens with one attached hydrogen (secondary N) is 1. The van der Waals surface area contributed by atoms with Crippen molar-refractivity contribution < 1.29 is 4.74 Å². The molecule has 3 aromatic rings. The summed E-state index contributed by atoms with van der Waals surface area (Å²) in [7, 11) is 0. The van der Waals surface area contributed by atoms with Crippen LogP contribution < -0.4 is 15.8 Å². The summed E-state index contributed by atoms with van der Waals surface area (Å²) in [5, 5.41) is 7.34. The first-order valence-corrected chi connectivity index (χ1v) is 12.2. The van der Waals surface area contributed by atoms with Crippen molar-refractivity contribution in [1.29, 1.82) is 0 Å². The number of hydrogen-bond donors (Lipinski definition) is 1. The van der Waals surface area contributed by atoms with Crippen molar-refractivity contribution in [3.63, 3.8) is 0 Å². The highest BCUT2D eigenvalue weighted by Crippen LogP contribution is 2.30. The summed E-state index contributed by atoms with van der Waals surface area (Å²) in [5.41, 5.74) is 1.64. The highest BCUT2D eigenvalue weighted by Gasteiger charge is 2.35. The Morgan fingerprint density at radius 2 is 2.09 bits per heavy atom. The van der Waals surface area contributed by atoms with E-state index >= 15 is 0 Å². The van der Waals surface area contributed by atoms with Crippen LogP contribution in [0.2, 0.25) is 10.0 Å². The van der Waals surface area contributed by atoms with E-state index in [2.05, 4.69) is 15.2 Å². The molecule has 1 saturated heterocycles. The van der Waals surface area contributed by atoms with Crippen molar-refractivity contribution in [3.8, 4) is 11.4 Å². The first-order valence-electron chi connectivity index (χ1n) is 10.5. The number of nitrogens with zero attached hydrogens (tertiary/aromatic N) is 4. The molecule has 0 radical (unpaired) electrons. The van der Waals surface area contributed by atoms with Crippen LogP contribution in [0.4, 0.5) is 10.8 Å². The fraction of sp³-hybridized carbons (Fsp3) is 0.409. The molecule has 2 aromatic heterocycles. The maximum Gasteiger partial charge on any atom is 0.277 e. The molecule has 170 valence electrons. The first-order chi connectivity index (χ1) is 15.4. The second-order valence-corrected chi connectivity index (χ2v) is 9.25. The van der Waals surface area contributed by atoms with Gasteiger partial charge in [0.1, 0.15) is 11.5 Å². The smallest absolute Gasteiger partial charge is 0.277 e. The molecular formula is C22H25Cl2N5O2S. The van der Waals surface area contributed by atoms with Gasteiger partial charge in [0.05, 0.1) is 22.9 Å². The fourth-order valence-corrected chi connectivity index (χ4v) is 5.16. The van der Waals surface area contributed by atoms with E-state index in [1.165, 1.54) is 0 Å². The Morgan fingerprint density at radius 1 is 1.28 bits per heavy atom. The van der Waals surface area contributed by atoms with Crippen molar-refractivity contribution in [2.45, 2.75) is 39.5 Å². The predicted octanol–water partition coefficient (Wildman–Crippen LogP) is 4.71. The third-order valence-electron chi connectivity index (χ3n) is 5.50. The number of aromatic nitrogens is 3. The molecule has 0 bridgehead atoms. The average Bonchev–Trinajstić information content (AvgIpc) is 3.41. The van der Waals surface area contributed by atoms with E-state index in [9.17, 15) is 4.79 Å². The molecule has 2 atom stereocenters. The van der Waals surface area contributed by atoms with E-state index in [1.807, 2.05) is 26.2 Å². The fourth-order valence-electron chi connectivity index (χ4n) is 4.01. The van der Waals surface area contributed by atoms with Gasteiger partial charge in [0.15, 0.2) is 5.13 Å². The topological polar surface area (TPSA) is 72.3 Å². The third kappa shape index (κ3) is 4.50. The Hall–Kier alpha value is -2.13. The molecule has 0 spiro atoms. The van der Waals surface area contributed by atoms with Gasteiger partial charge in [-0.05, 0) is 39.0 Å². The van der Waals surface area contributed by atoms with Crippen LogP contribution in [0.3, 0.4) is 0 Å². The predicted molar refractivity (Wildman–Crippen MR) is 132 cm³/mol. The molecule has 0 unspecified atom stereocenters. The minimum absolute atomic E-state index is 0.0665. The summed E-state index contributed by atoms with van der Waals surface area (Å²) in [5.74, 6) is 0.527. The Balaban J connectivity index is 1.68. The van der Waals surface area contributed by atoms with Gasteiger partial charge < -0.3 is 15.0 Å². The molecule has 0 saturated carbocycles. The lowest BCUT2D eigenvalue weighted by Crippen LogP contribution is -2.38. The third-order valence-corrected chi connectivity index (χ3v) is 6.88. The van der Waals surface area contributed by atoms with Crippen LogP contribution >= 0.6 is 34.5 Å². The molecule has 1 fully saturated rings. The molecule has 4 rings (SSSR count). The molecule has 0 aliphatic carbocycles. The van der Waals surface area contributed by atoms with Gasteiger partial charge in [0.25, 0.3) is 5.56 Å². The van der Waals surface area contributed by atoms with Crippen LogP contribution in [0.25, 0.3) is 11.4 Å². The van der Waals surface area contributed by atoms with E-state index in [4.69, 9.17) is 32.9 Å². The molecule has 3 heterocycles. The van der Waals surface area contributed by atoms with Crippen molar-refractivity contribution in [2.24, 2.45) is 0 Å². The van der Waals surface area contributed by atoms with E-state index in [1.54, 1.807) is 40.3 Å². The number of hydrogen-bond acceptors (Lipinski definition) is 7. The summed E-state index contributed by atoms with van der Waals surface area (Å²) in [6.07, 6.45) is 1.73. The van der Waals surface area contributed by atoms with Crippen LogP contribution in [-0.2, 0) is 11.3 Å². The van der Waals surface area contributed by atoms with Crippen LogP contribution in [0.15, 0.2) is 34.6 Å². The summed E-state index contributed by atoms with van der Waals surface area (Å²) < 4.78 is 7.62. The minimum atomic E-state index is -0.135. The van der Waals surface area contributed by atoms with Crippen molar-refractivity contribution >= 4 is 45.4 Å². The van der Waals surface area contributed by atoms with Gasteiger partial charge in [-0.2, -0.15) is 0 Å². The summed E-state index contributed by atoms with van der Waals surface area (Å²) in [4.78, 5) is 24.8. The minimum Gasteiger partial charge on any atom is -0.374 e. The number of benzene rings is 1. The zero-order chi connectivity index (χ0) is 22.8. The number of ether oxygens (including phenoxy) is 1. The molecule has 1 aromatic carbocycles. The van der Waals surface area contributed by atoms with Crippen LogP contribution in [0.5, 0.6) is 0 Å². The Bertz CT molecular complexity index is 1150. The zero-order valence-corrected chi connectivity index (χ0v) is 20.5. The highest BCUT2D eigenvalue weighted by atomic mass is 35.5. The van der Waals surface area contributed by atoms with Crippen molar-refractivity contribution in [1.82, 2.24) is 14.5 Å². The Morgan fingerprint density at radius 3 is 2.75 bits per heavy atom. The van der Waals surface area contributed by atoms with Gasteiger partial charge in [-0.3, -0.25) is 9.36 Å². The van der Waals surface area contributed by atoms with Crippen molar-refractivity contribution in [2.75, 3.05) is 29.9 Å². The van der Waals surface area contributed by atoms with E-state index < -0.39 is 0 Å². The maximum atomic E-state index is 13.5. The Labute approximate surface area is 201 Å². The quantitative estimate of drug-likeness (QED) is 0.513. The molecule has 0 amide bonds. The standard InChI is InChI=1S/C22H25Cl2N5O2S/c1-4-29-20(15-7-6-14(23)10-16(15)24)26-13(3)19(21(29)30)27-17-11-28(12-18(17)31-5-2)22-25-8-9-32-22/h6-10,17-18,27H,4-5,11-12H2,1-3H3/t17-,18+/m1/s1. The molecule has 1 N–H and O–H groups in total. The number of halogens is 2. The van der Waals surface area contributed by atoms with Gasteiger partial charge in [0.2, 0.25) is 0 Å². The molecule has 32 heavy (non-hydrogen) atoms. The highest BCUT2D eigenvalue weighted by molar-refractivity contribution is 7.13. The molecular weight excluding hydrogens is 469 g/mol. The number of aryl methyl sites for hydroxylation is 1. The van der Waals surface area contributed by atoms with Gasteiger partial charge >= 0.3 is 0 Å². The van der Waals surface area contributed by atoms with Gasteiger partial charge in [-0.15, -0.1) is 11.3 Å². The molecule has 7 nitrogen and oxygen atoms in total. The average molecular weight is 494 g/mol. The first kappa shape index (κ1) is 23.0. The Kier molecular flexibility index (Phi) is 7.05. The van der Waals surface area contributed by atoms with E-state index in [0.717, 1.165) is 5.13 Å². The maximum absolute atomic E-state index is 13.5. The normalized spacial score (nSPS) is 18.3. The second kappa shape index (κ2) is 9.79. The SMILES string of the molecule is CCO[C@H]1CN(c2nccs2)C[C@H]1Nc1c(C)nc(-c2ccc(Cl)cc2Cl)n(CC)c1=O. The van der Waals surface area contributed by atoms with E-state index in [-0.39, 0.29) is 17.7 Å². The molecule has 10 heteroatoms. The number of rotatable bonds is 7. The van der Waals surface area contributed by atoms with Gasteiger partial charge in [-0.1, -0.05) is 23.2 Å². The summed E-state index contributed by atoms with van der Waals surface area (Å²) in [6.45, 7) is 8.18. The monoisotopic (exact) mass is 493 g/mol. The van der Waals surface area contributed by atoms with E-state index in [0.29, 0.717) is 59.1 Å². The molecule has 1 aliphatic heterocycles. The van der Waals surface area contributed by atoms with Crippen LogP contribution in [0.1, 0.15) is 19.5 Å². The lowest BCUT2D eigenvalue weighted by Gasteiger charge is -2.22. The number of anilines is 2. The summed E-state index contributed by atoms with van der Waals surface area (Å²) >= 11 is 14.1. The van der Waals surface area contributed by atoms with Crippen LogP contribution in [-0.4, -0.2) is 46.4 Å². The van der Waals surface area contributed by atoms with Gasteiger partial charge in [0, 0.05) is 48.4 Å². The van der Waals surface area contributed by atoms with Crippen LogP contribution in [0, 0.1) is 6.92 Å². The summed E-state index contributed by atoms with van der Waals surface area (Å²) in [6, 6.07) is 5.13. The largest absolute Gasteiger partial charge is 0.374 e. The second-order valence-electron chi connectivity index (χ2n) is 7.53. The lowest BCUT2D eigenvalue weighted by atomic mass is 10.1.